The predicted molar refractivity (Wildman–Crippen MR) is 106 cm³/mol. The number of rotatable bonds is 4. The van der Waals surface area contributed by atoms with Crippen molar-refractivity contribution in [2.24, 2.45) is 5.92 Å². The summed E-state index contributed by atoms with van der Waals surface area (Å²) in [6.45, 7) is 2.07. The summed E-state index contributed by atoms with van der Waals surface area (Å²) in [6, 6.07) is 4.85. The molecule has 0 bridgehead atoms. The van der Waals surface area contributed by atoms with Crippen LogP contribution in [0, 0.1) is 17.6 Å². The fourth-order valence-corrected chi connectivity index (χ4v) is 4.15. The van der Waals surface area contributed by atoms with Gasteiger partial charge in [0.1, 0.15) is 12.4 Å². The van der Waals surface area contributed by atoms with Crippen molar-refractivity contribution in [2.75, 3.05) is 12.4 Å². The highest BCUT2D eigenvalue weighted by atomic mass is 19.4. The Labute approximate surface area is 184 Å². The Balaban J connectivity index is 1.76. The van der Waals surface area contributed by atoms with Gasteiger partial charge in [0.15, 0.2) is 22.8 Å². The van der Waals surface area contributed by atoms with Crippen molar-refractivity contribution in [1.82, 2.24) is 14.6 Å². The molecule has 33 heavy (non-hydrogen) atoms. The maximum absolute atomic E-state index is 14.4. The third-order valence-electron chi connectivity index (χ3n) is 6.14. The Morgan fingerprint density at radius 1 is 1.27 bits per heavy atom. The summed E-state index contributed by atoms with van der Waals surface area (Å²) in [4.78, 5) is 13.1. The number of carbonyl (C=O) groups is 1. The second kappa shape index (κ2) is 7.94. The molecule has 3 aromatic rings. The predicted octanol–water partition coefficient (Wildman–Crippen LogP) is 4.09. The summed E-state index contributed by atoms with van der Waals surface area (Å²) in [5.74, 6) is -6.70. The molecule has 1 amide bonds. The Hall–Kier alpha value is -3.28. The summed E-state index contributed by atoms with van der Waals surface area (Å²) >= 11 is 0. The first-order valence-corrected chi connectivity index (χ1v) is 9.84. The molecule has 176 valence electrons. The maximum atomic E-state index is 14.4. The number of fused-ring (bicyclic) bond motifs is 1. The van der Waals surface area contributed by atoms with Crippen molar-refractivity contribution in [3.63, 3.8) is 0 Å². The van der Waals surface area contributed by atoms with Crippen LogP contribution in [0.15, 0.2) is 36.8 Å². The zero-order valence-electron chi connectivity index (χ0n) is 17.7. The lowest BCUT2D eigenvalue weighted by Crippen LogP contribution is -2.47. The molecule has 12 heteroatoms. The van der Waals surface area contributed by atoms with E-state index in [4.69, 9.17) is 9.47 Å². The number of halogens is 5. The molecule has 0 saturated carbocycles. The molecule has 1 aliphatic rings. The second-order valence-corrected chi connectivity index (χ2v) is 7.94. The summed E-state index contributed by atoms with van der Waals surface area (Å²) in [5.41, 5.74) is -2.20. The normalized spacial score (nSPS) is 25.4. The molecule has 0 radical (unpaired) electrons. The summed E-state index contributed by atoms with van der Waals surface area (Å²) in [6.07, 6.45) is -3.53. The van der Waals surface area contributed by atoms with Crippen LogP contribution in [0.5, 0.6) is 5.75 Å². The fraction of sp³-hybridized carbons (Fsp3) is 0.381. The van der Waals surface area contributed by atoms with Gasteiger partial charge in [-0.2, -0.15) is 17.6 Å². The highest BCUT2D eigenvalue weighted by Gasteiger charge is 2.65. The first kappa shape index (κ1) is 22.9. The van der Waals surface area contributed by atoms with E-state index in [1.165, 1.54) is 25.4 Å². The molecule has 1 fully saturated rings. The van der Waals surface area contributed by atoms with Crippen molar-refractivity contribution in [2.45, 2.75) is 37.6 Å². The number of amides is 1. The summed E-state index contributed by atoms with van der Waals surface area (Å²) in [5, 5.41) is 10.1. The number of nitrogens with zero attached hydrogens (tertiary/aromatic N) is 3. The van der Waals surface area contributed by atoms with Crippen molar-refractivity contribution in [1.29, 1.82) is 0 Å². The Kier molecular flexibility index (Phi) is 5.51. The van der Waals surface area contributed by atoms with Gasteiger partial charge >= 0.3 is 6.18 Å². The van der Waals surface area contributed by atoms with Gasteiger partial charge in [-0.1, -0.05) is 13.0 Å². The molecule has 2 aromatic heterocycles. The molecule has 0 aliphatic carbocycles. The van der Waals surface area contributed by atoms with Gasteiger partial charge in [-0.05, 0) is 19.1 Å². The SMILES string of the molecule is COc1c([C@H]2[C@H](C(=O)Nc3ccn4cnnc4c3)O[C@@](C)(C(F)(F)F)[C@H]2C)ccc(F)c1F. The van der Waals surface area contributed by atoms with Gasteiger partial charge in [0.25, 0.3) is 5.91 Å². The number of methoxy groups -OCH3 is 1. The van der Waals surface area contributed by atoms with Crippen molar-refractivity contribution in [3.05, 3.63) is 54.0 Å². The van der Waals surface area contributed by atoms with Gasteiger partial charge in [-0.3, -0.25) is 9.20 Å². The molecule has 1 aliphatic heterocycles. The Morgan fingerprint density at radius 3 is 2.67 bits per heavy atom. The fourth-order valence-electron chi connectivity index (χ4n) is 4.15. The third kappa shape index (κ3) is 3.67. The third-order valence-corrected chi connectivity index (χ3v) is 6.14. The number of anilines is 1. The molecule has 0 spiro atoms. The van der Waals surface area contributed by atoms with Crippen LogP contribution in [0.1, 0.15) is 25.3 Å². The van der Waals surface area contributed by atoms with Gasteiger partial charge in [-0.15, -0.1) is 10.2 Å². The molecule has 1 N–H and O–H groups in total. The monoisotopic (exact) mass is 470 g/mol. The number of nitrogens with one attached hydrogen (secondary N) is 1. The number of hydrogen-bond donors (Lipinski definition) is 1. The highest BCUT2D eigenvalue weighted by molar-refractivity contribution is 5.95. The van der Waals surface area contributed by atoms with E-state index in [0.29, 0.717) is 5.65 Å². The van der Waals surface area contributed by atoms with Crippen LogP contribution in [0.25, 0.3) is 5.65 Å². The van der Waals surface area contributed by atoms with E-state index in [2.05, 4.69) is 15.5 Å². The number of alkyl halides is 3. The van der Waals surface area contributed by atoms with Gasteiger partial charge in [0, 0.05) is 35.3 Å². The van der Waals surface area contributed by atoms with Gasteiger partial charge < -0.3 is 14.8 Å². The van der Waals surface area contributed by atoms with Crippen LogP contribution in [-0.4, -0.2) is 45.5 Å². The lowest BCUT2D eigenvalue weighted by atomic mass is 9.77. The number of aromatic nitrogens is 3. The largest absolute Gasteiger partial charge is 0.493 e. The minimum absolute atomic E-state index is 0.107. The topological polar surface area (TPSA) is 77.8 Å². The van der Waals surface area contributed by atoms with Crippen LogP contribution in [0.3, 0.4) is 0 Å². The summed E-state index contributed by atoms with van der Waals surface area (Å²) in [7, 11) is 1.06. The molecule has 1 aromatic carbocycles. The van der Waals surface area contributed by atoms with E-state index in [9.17, 15) is 26.7 Å². The van der Waals surface area contributed by atoms with Crippen LogP contribution >= 0.6 is 0 Å². The molecule has 0 unspecified atom stereocenters. The molecule has 3 heterocycles. The standard InChI is InChI=1S/C21H19F5N4O3/c1-10-15(12-4-5-13(22)16(23)17(12)32-3)18(33-20(10,2)21(24,25)26)19(31)28-11-6-7-30-9-27-29-14(30)8-11/h4-10,15,18H,1-3H3,(H,28,31)/t10-,15-,18+,20+/m0/s1. The average molecular weight is 470 g/mol. The summed E-state index contributed by atoms with van der Waals surface area (Å²) < 4.78 is 81.9. The molecular weight excluding hydrogens is 451 g/mol. The van der Waals surface area contributed by atoms with Crippen LogP contribution in [0.2, 0.25) is 0 Å². The number of carbonyl (C=O) groups excluding carboxylic acids is 1. The van der Waals surface area contributed by atoms with Crippen LogP contribution in [0.4, 0.5) is 27.6 Å². The second-order valence-electron chi connectivity index (χ2n) is 7.94. The van der Waals surface area contributed by atoms with E-state index < -0.39 is 53.0 Å². The molecule has 4 atom stereocenters. The smallest absolute Gasteiger partial charge is 0.417 e. The Morgan fingerprint density at radius 2 is 2.00 bits per heavy atom. The number of pyridine rings is 1. The molecule has 7 nitrogen and oxygen atoms in total. The number of hydrogen-bond acceptors (Lipinski definition) is 5. The molecular formula is C21H19F5N4O3. The van der Waals surface area contributed by atoms with Crippen molar-refractivity contribution >= 4 is 17.2 Å². The van der Waals surface area contributed by atoms with E-state index in [-0.39, 0.29) is 11.3 Å². The van der Waals surface area contributed by atoms with Crippen LogP contribution < -0.4 is 10.1 Å². The lowest BCUT2D eigenvalue weighted by molar-refractivity contribution is -0.272. The highest BCUT2D eigenvalue weighted by Crippen LogP contribution is 2.55. The average Bonchev–Trinajstić information content (AvgIpc) is 3.32. The number of ether oxygens (including phenoxy) is 2. The van der Waals surface area contributed by atoms with E-state index in [1.54, 1.807) is 10.6 Å². The minimum Gasteiger partial charge on any atom is -0.493 e. The van der Waals surface area contributed by atoms with Crippen molar-refractivity contribution in [3.8, 4) is 5.75 Å². The Bertz CT molecular complexity index is 1210. The van der Waals surface area contributed by atoms with E-state index in [1.807, 2.05) is 0 Å². The zero-order valence-corrected chi connectivity index (χ0v) is 17.7. The maximum Gasteiger partial charge on any atom is 0.417 e. The van der Waals surface area contributed by atoms with Crippen molar-refractivity contribution < 1.29 is 36.2 Å². The number of benzene rings is 1. The molecule has 4 rings (SSSR count). The van der Waals surface area contributed by atoms with Gasteiger partial charge in [0.2, 0.25) is 5.82 Å². The zero-order chi connectivity index (χ0) is 24.1. The molecule has 1 saturated heterocycles. The minimum atomic E-state index is -4.84. The van der Waals surface area contributed by atoms with E-state index >= 15 is 0 Å². The van der Waals surface area contributed by atoms with Gasteiger partial charge in [0.05, 0.1) is 7.11 Å². The van der Waals surface area contributed by atoms with Gasteiger partial charge in [-0.25, -0.2) is 4.39 Å². The quantitative estimate of drug-likeness (QED) is 0.582. The first-order valence-electron chi connectivity index (χ1n) is 9.84. The lowest BCUT2D eigenvalue weighted by Gasteiger charge is -2.32. The first-order chi connectivity index (χ1) is 15.5. The van der Waals surface area contributed by atoms with Crippen LogP contribution in [-0.2, 0) is 9.53 Å². The van der Waals surface area contributed by atoms with E-state index in [0.717, 1.165) is 26.2 Å².